The van der Waals surface area contributed by atoms with Crippen molar-refractivity contribution >= 4 is 6.29 Å². The molecule has 0 aliphatic heterocycles. The van der Waals surface area contributed by atoms with Gasteiger partial charge in [-0.05, 0) is 37.0 Å². The van der Waals surface area contributed by atoms with Crippen LogP contribution in [0.2, 0.25) is 0 Å². The molecule has 0 spiro atoms. The summed E-state index contributed by atoms with van der Waals surface area (Å²) < 4.78 is 0. The molecule has 0 heterocycles. The van der Waals surface area contributed by atoms with E-state index < -0.39 is 0 Å². The van der Waals surface area contributed by atoms with Gasteiger partial charge in [-0.3, -0.25) is 0 Å². The fourth-order valence-corrected chi connectivity index (χ4v) is 5.29. The molecule has 0 amide bonds. The van der Waals surface area contributed by atoms with Crippen LogP contribution in [0.1, 0.15) is 116 Å². The Morgan fingerprint density at radius 2 is 1.25 bits per heavy atom. The molecule has 0 bridgehead atoms. The molecule has 0 aromatic carbocycles. The topological polar surface area (TPSA) is 17.1 Å². The summed E-state index contributed by atoms with van der Waals surface area (Å²) in [7, 11) is 0. The Balaban J connectivity index is 1.36. The van der Waals surface area contributed by atoms with Gasteiger partial charge in [0.25, 0.3) is 0 Å². The molecule has 0 radical (unpaired) electrons. The van der Waals surface area contributed by atoms with E-state index in [9.17, 15) is 4.79 Å². The molecule has 0 saturated heterocycles. The van der Waals surface area contributed by atoms with Gasteiger partial charge < -0.3 is 4.79 Å². The second kappa shape index (κ2) is 12.1. The average Bonchev–Trinajstić information content (AvgIpc) is 2.60. The summed E-state index contributed by atoms with van der Waals surface area (Å²) in [4.78, 5) is 10.9. The van der Waals surface area contributed by atoms with Crippen LogP contribution in [0.25, 0.3) is 0 Å². The summed E-state index contributed by atoms with van der Waals surface area (Å²) in [5.41, 5.74) is 0. The Labute approximate surface area is 151 Å². The van der Waals surface area contributed by atoms with Crippen LogP contribution in [0.15, 0.2) is 0 Å². The number of rotatable bonds is 11. The van der Waals surface area contributed by atoms with Crippen LogP contribution >= 0.6 is 0 Å². The van der Waals surface area contributed by atoms with Crippen molar-refractivity contribution in [1.29, 1.82) is 0 Å². The van der Waals surface area contributed by atoms with Gasteiger partial charge in [0.2, 0.25) is 0 Å². The van der Waals surface area contributed by atoms with E-state index in [1.165, 1.54) is 109 Å². The average molecular weight is 335 g/mol. The minimum atomic E-state index is 0.385. The molecular formula is C23H42O. The lowest BCUT2D eigenvalue weighted by Crippen LogP contribution is -2.16. The first-order chi connectivity index (χ1) is 11.8. The standard InChI is InChI=1S/C23H42O/c1-20-11-9-14-21(17-20)12-7-5-3-2-4-6-8-13-22-15-10-16-23(18-22)19-24/h19-23H,2-18H2,1H3. The van der Waals surface area contributed by atoms with Crippen molar-refractivity contribution in [2.24, 2.45) is 23.7 Å². The molecule has 24 heavy (non-hydrogen) atoms. The summed E-state index contributed by atoms with van der Waals surface area (Å²) in [6, 6.07) is 0. The third kappa shape index (κ3) is 8.17. The quantitative estimate of drug-likeness (QED) is 0.285. The maximum Gasteiger partial charge on any atom is 0.123 e. The van der Waals surface area contributed by atoms with E-state index in [0.29, 0.717) is 5.92 Å². The van der Waals surface area contributed by atoms with Crippen LogP contribution in [-0.4, -0.2) is 6.29 Å². The van der Waals surface area contributed by atoms with Crippen molar-refractivity contribution < 1.29 is 4.79 Å². The molecule has 0 aromatic heterocycles. The molecule has 0 N–H and O–H groups in total. The van der Waals surface area contributed by atoms with E-state index in [1.807, 2.05) is 0 Å². The molecule has 4 unspecified atom stereocenters. The van der Waals surface area contributed by atoms with Gasteiger partial charge in [0.05, 0.1) is 0 Å². The van der Waals surface area contributed by atoms with Gasteiger partial charge in [-0.15, -0.1) is 0 Å². The van der Waals surface area contributed by atoms with Gasteiger partial charge in [0.1, 0.15) is 6.29 Å². The lowest BCUT2D eigenvalue weighted by Gasteiger charge is -2.26. The van der Waals surface area contributed by atoms with Crippen LogP contribution in [0.5, 0.6) is 0 Å². The van der Waals surface area contributed by atoms with E-state index in [0.717, 1.165) is 24.2 Å². The summed E-state index contributed by atoms with van der Waals surface area (Å²) in [5.74, 6) is 3.29. The van der Waals surface area contributed by atoms with Gasteiger partial charge in [0.15, 0.2) is 0 Å². The number of carbonyl (C=O) groups excluding carboxylic acids is 1. The largest absolute Gasteiger partial charge is 0.303 e. The Hall–Kier alpha value is -0.330. The maximum atomic E-state index is 10.9. The van der Waals surface area contributed by atoms with E-state index in [4.69, 9.17) is 0 Å². The smallest absolute Gasteiger partial charge is 0.123 e. The second-order valence-corrected chi connectivity index (χ2v) is 9.12. The Bertz CT molecular complexity index is 324. The van der Waals surface area contributed by atoms with Gasteiger partial charge in [-0.2, -0.15) is 0 Å². The first-order valence-corrected chi connectivity index (χ1v) is 11.2. The highest BCUT2D eigenvalue weighted by Gasteiger charge is 2.21. The van der Waals surface area contributed by atoms with Crippen LogP contribution < -0.4 is 0 Å². The number of hydrogen-bond acceptors (Lipinski definition) is 1. The lowest BCUT2D eigenvalue weighted by molar-refractivity contribution is -0.112. The highest BCUT2D eigenvalue weighted by Crippen LogP contribution is 2.32. The van der Waals surface area contributed by atoms with Crippen LogP contribution in [0.3, 0.4) is 0 Å². The predicted molar refractivity (Wildman–Crippen MR) is 104 cm³/mol. The molecule has 1 heteroatoms. The zero-order valence-electron chi connectivity index (χ0n) is 16.3. The van der Waals surface area contributed by atoms with Crippen molar-refractivity contribution in [3.63, 3.8) is 0 Å². The molecular weight excluding hydrogens is 292 g/mol. The summed E-state index contributed by atoms with van der Waals surface area (Å²) in [6.45, 7) is 2.44. The SMILES string of the molecule is CC1CCCC(CCCCCCCCCC2CCCC(C=O)C2)C1. The number of carbonyl (C=O) groups is 1. The highest BCUT2D eigenvalue weighted by atomic mass is 16.1. The highest BCUT2D eigenvalue weighted by molar-refractivity contribution is 5.53. The zero-order valence-corrected chi connectivity index (χ0v) is 16.3. The third-order valence-corrected chi connectivity index (χ3v) is 6.79. The van der Waals surface area contributed by atoms with Gasteiger partial charge in [-0.1, -0.05) is 96.8 Å². The molecule has 2 aliphatic carbocycles. The fourth-order valence-electron chi connectivity index (χ4n) is 5.29. The van der Waals surface area contributed by atoms with Crippen LogP contribution in [0, 0.1) is 23.7 Å². The lowest BCUT2D eigenvalue weighted by atomic mass is 9.79. The molecule has 1 nitrogen and oxygen atoms in total. The van der Waals surface area contributed by atoms with Crippen molar-refractivity contribution in [2.45, 2.75) is 116 Å². The first kappa shape index (κ1) is 20.0. The van der Waals surface area contributed by atoms with E-state index in [2.05, 4.69) is 6.92 Å². The number of hydrogen-bond donors (Lipinski definition) is 0. The van der Waals surface area contributed by atoms with E-state index in [1.54, 1.807) is 0 Å². The second-order valence-electron chi connectivity index (χ2n) is 9.12. The molecule has 2 saturated carbocycles. The molecule has 0 aromatic rings. The third-order valence-electron chi connectivity index (χ3n) is 6.79. The maximum absolute atomic E-state index is 10.9. The van der Waals surface area contributed by atoms with Gasteiger partial charge in [-0.25, -0.2) is 0 Å². The fraction of sp³-hybridized carbons (Fsp3) is 0.957. The monoisotopic (exact) mass is 334 g/mol. The minimum absolute atomic E-state index is 0.385. The predicted octanol–water partition coefficient (Wildman–Crippen LogP) is 7.33. The summed E-state index contributed by atoms with van der Waals surface area (Å²) in [5, 5.41) is 0. The Morgan fingerprint density at radius 3 is 1.83 bits per heavy atom. The van der Waals surface area contributed by atoms with Crippen molar-refractivity contribution in [3.05, 3.63) is 0 Å². The number of unbranched alkanes of at least 4 members (excludes halogenated alkanes) is 6. The molecule has 2 aliphatic rings. The minimum Gasteiger partial charge on any atom is -0.303 e. The number of aldehydes is 1. The van der Waals surface area contributed by atoms with Gasteiger partial charge >= 0.3 is 0 Å². The normalized spacial score (nSPS) is 31.0. The van der Waals surface area contributed by atoms with E-state index >= 15 is 0 Å². The molecule has 4 atom stereocenters. The van der Waals surface area contributed by atoms with Gasteiger partial charge in [0, 0.05) is 5.92 Å². The van der Waals surface area contributed by atoms with Crippen molar-refractivity contribution in [2.75, 3.05) is 0 Å². The Morgan fingerprint density at radius 1 is 0.708 bits per heavy atom. The summed E-state index contributed by atoms with van der Waals surface area (Å²) >= 11 is 0. The van der Waals surface area contributed by atoms with Crippen molar-refractivity contribution in [1.82, 2.24) is 0 Å². The summed E-state index contributed by atoms with van der Waals surface area (Å²) in [6.07, 6.45) is 25.2. The van der Waals surface area contributed by atoms with Crippen LogP contribution in [-0.2, 0) is 4.79 Å². The first-order valence-electron chi connectivity index (χ1n) is 11.2. The van der Waals surface area contributed by atoms with Crippen molar-refractivity contribution in [3.8, 4) is 0 Å². The molecule has 140 valence electrons. The Kier molecular flexibility index (Phi) is 10.1. The molecule has 2 fully saturated rings. The van der Waals surface area contributed by atoms with E-state index in [-0.39, 0.29) is 0 Å². The van der Waals surface area contributed by atoms with Crippen LogP contribution in [0.4, 0.5) is 0 Å². The molecule has 2 rings (SSSR count). The zero-order chi connectivity index (χ0) is 17.0.